The molecule has 0 aliphatic rings. The molecule has 26 heavy (non-hydrogen) atoms. The van der Waals surface area contributed by atoms with Gasteiger partial charge in [-0.3, -0.25) is 0 Å². The van der Waals surface area contributed by atoms with E-state index in [9.17, 15) is 0 Å². The molecule has 3 aromatic carbocycles. The molecule has 0 aliphatic carbocycles. The maximum atomic E-state index is 4.18. The molecule has 0 unspecified atom stereocenters. The Morgan fingerprint density at radius 2 is 1.12 bits per heavy atom. The van der Waals surface area contributed by atoms with E-state index in [1.54, 1.807) is 12.5 Å². The van der Waals surface area contributed by atoms with Crippen molar-refractivity contribution in [3.05, 3.63) is 106 Å². The van der Waals surface area contributed by atoms with Gasteiger partial charge in [-0.05, 0) is 35.4 Å². The van der Waals surface area contributed by atoms with E-state index in [2.05, 4.69) is 90.4 Å². The Bertz CT molecular complexity index is 886. The summed E-state index contributed by atoms with van der Waals surface area (Å²) in [6, 6.07) is 28.7. The zero-order chi connectivity index (χ0) is 18.2. The fraction of sp³-hybridized carbons (Fsp3) is 0. The van der Waals surface area contributed by atoms with Gasteiger partial charge in [-0.25, -0.2) is 9.97 Å². The third kappa shape index (κ3) is 5.35. The minimum absolute atomic E-state index is 0.919. The molecule has 1 aromatic heterocycles. The van der Waals surface area contributed by atoms with Crippen molar-refractivity contribution in [1.82, 2.24) is 9.97 Å². The van der Waals surface area contributed by atoms with Crippen LogP contribution in [-0.2, 0) is 0 Å². The molecule has 1 heterocycles. The quantitative estimate of drug-likeness (QED) is 0.316. The fourth-order valence-electron chi connectivity index (χ4n) is 2.42. The second-order valence-electron chi connectivity index (χ2n) is 5.48. The van der Waals surface area contributed by atoms with E-state index < -0.39 is 0 Å². The predicted molar refractivity (Wildman–Crippen MR) is 115 cm³/mol. The molecule has 0 saturated heterocycles. The van der Waals surface area contributed by atoms with Crippen molar-refractivity contribution in [2.24, 2.45) is 0 Å². The van der Waals surface area contributed by atoms with Crippen LogP contribution in [0.1, 0.15) is 0 Å². The Morgan fingerprint density at radius 3 is 1.58 bits per heavy atom. The monoisotopic (exact) mass is 466 g/mol. The van der Waals surface area contributed by atoms with Gasteiger partial charge < -0.3 is 0 Å². The van der Waals surface area contributed by atoms with Crippen molar-refractivity contribution in [1.29, 1.82) is 0 Å². The number of rotatable bonds is 2. The van der Waals surface area contributed by atoms with Gasteiger partial charge >= 0.3 is 0 Å². The molecule has 0 bridgehead atoms. The van der Waals surface area contributed by atoms with Crippen LogP contribution in [-0.4, -0.2) is 9.97 Å². The largest absolute Gasteiger partial charge is 0.245 e. The summed E-state index contributed by atoms with van der Waals surface area (Å²) in [6.07, 6.45) is 3.28. The summed E-state index contributed by atoms with van der Waals surface area (Å²) >= 11 is 6.87. The smallest absolute Gasteiger partial charge is 0.116 e. The fourth-order valence-corrected chi connectivity index (χ4v) is 3.72. The molecule has 0 radical (unpaired) electrons. The minimum Gasteiger partial charge on any atom is -0.245 e. The predicted octanol–water partition coefficient (Wildman–Crippen LogP) is 7.02. The van der Waals surface area contributed by atoms with E-state index in [1.807, 2.05) is 36.4 Å². The zero-order valence-corrected chi connectivity index (χ0v) is 17.1. The molecule has 0 aliphatic heterocycles. The van der Waals surface area contributed by atoms with Gasteiger partial charge in [0.25, 0.3) is 0 Å². The maximum absolute atomic E-state index is 4.18. The number of hydrogen-bond acceptors (Lipinski definition) is 2. The van der Waals surface area contributed by atoms with Crippen molar-refractivity contribution in [2.45, 2.75) is 0 Å². The number of halogens is 2. The zero-order valence-electron chi connectivity index (χ0n) is 13.9. The van der Waals surface area contributed by atoms with Crippen LogP contribution in [0.5, 0.6) is 0 Å². The SMILES string of the molecule is Brc1cc(Br)cc(-c2ccncn2)c1.c1ccc(-c2ccccc2)cc1. The lowest BCUT2D eigenvalue weighted by molar-refractivity contribution is 1.17. The Morgan fingerprint density at radius 1 is 0.577 bits per heavy atom. The topological polar surface area (TPSA) is 25.8 Å². The molecule has 0 N–H and O–H groups in total. The van der Waals surface area contributed by atoms with E-state index in [-0.39, 0.29) is 0 Å². The van der Waals surface area contributed by atoms with Crippen molar-refractivity contribution in [3.63, 3.8) is 0 Å². The molecule has 4 aromatic rings. The van der Waals surface area contributed by atoms with Gasteiger partial charge in [0.05, 0.1) is 5.69 Å². The first-order valence-corrected chi connectivity index (χ1v) is 9.64. The second-order valence-corrected chi connectivity index (χ2v) is 7.32. The van der Waals surface area contributed by atoms with Crippen LogP contribution in [0.3, 0.4) is 0 Å². The Balaban J connectivity index is 0.000000152. The van der Waals surface area contributed by atoms with Gasteiger partial charge in [-0.1, -0.05) is 92.5 Å². The Kier molecular flexibility index (Phi) is 6.69. The number of nitrogens with zero attached hydrogens (tertiary/aromatic N) is 2. The summed E-state index contributed by atoms with van der Waals surface area (Å²) in [4.78, 5) is 8.06. The molecule has 128 valence electrons. The van der Waals surface area contributed by atoms with Crippen LogP contribution in [0, 0.1) is 0 Å². The molecule has 4 rings (SSSR count). The second kappa shape index (κ2) is 9.41. The highest BCUT2D eigenvalue weighted by molar-refractivity contribution is 9.11. The molecule has 0 fully saturated rings. The van der Waals surface area contributed by atoms with E-state index in [1.165, 1.54) is 11.1 Å². The average molecular weight is 468 g/mol. The normalized spacial score (nSPS) is 9.92. The molecule has 0 spiro atoms. The van der Waals surface area contributed by atoms with Crippen LogP contribution in [0.4, 0.5) is 0 Å². The highest BCUT2D eigenvalue weighted by Gasteiger charge is 2.01. The summed E-state index contributed by atoms with van der Waals surface area (Å²) in [7, 11) is 0. The van der Waals surface area contributed by atoms with Crippen LogP contribution >= 0.6 is 31.9 Å². The minimum atomic E-state index is 0.919. The molecule has 4 heteroatoms. The molecular formula is C22H16Br2N2. The highest BCUT2D eigenvalue weighted by atomic mass is 79.9. The van der Waals surface area contributed by atoms with Crippen LogP contribution in [0.15, 0.2) is 106 Å². The first kappa shape index (κ1) is 18.5. The molecular weight excluding hydrogens is 452 g/mol. The number of hydrogen-bond donors (Lipinski definition) is 0. The van der Waals surface area contributed by atoms with E-state index in [0.29, 0.717) is 0 Å². The van der Waals surface area contributed by atoms with Crippen molar-refractivity contribution in [2.75, 3.05) is 0 Å². The summed E-state index contributed by atoms with van der Waals surface area (Å²) in [6.45, 7) is 0. The van der Waals surface area contributed by atoms with E-state index in [4.69, 9.17) is 0 Å². The van der Waals surface area contributed by atoms with Crippen molar-refractivity contribution < 1.29 is 0 Å². The summed E-state index contributed by atoms with van der Waals surface area (Å²) in [5.74, 6) is 0. The maximum Gasteiger partial charge on any atom is 0.116 e. The lowest BCUT2D eigenvalue weighted by atomic mass is 10.1. The van der Waals surface area contributed by atoms with Gasteiger partial charge in [-0.2, -0.15) is 0 Å². The summed E-state index contributed by atoms with van der Waals surface area (Å²) in [5.41, 5.74) is 4.53. The average Bonchev–Trinajstić information content (AvgIpc) is 2.70. The van der Waals surface area contributed by atoms with Crippen molar-refractivity contribution in [3.8, 4) is 22.4 Å². The lowest BCUT2D eigenvalue weighted by Gasteiger charge is -2.01. The molecule has 2 nitrogen and oxygen atoms in total. The van der Waals surface area contributed by atoms with Gasteiger partial charge in [0.1, 0.15) is 6.33 Å². The van der Waals surface area contributed by atoms with Crippen molar-refractivity contribution >= 4 is 31.9 Å². The van der Waals surface area contributed by atoms with Crippen LogP contribution in [0.25, 0.3) is 22.4 Å². The van der Waals surface area contributed by atoms with Gasteiger partial charge in [0.2, 0.25) is 0 Å². The molecule has 0 atom stereocenters. The number of benzene rings is 3. The standard InChI is InChI=1S/C12H10.C10H6Br2N2/c1-3-7-11(8-4-1)12-9-5-2-6-10-12;11-8-3-7(4-9(12)5-8)10-1-2-13-6-14-10/h1-10H;1-6H. The van der Waals surface area contributed by atoms with Crippen LogP contribution < -0.4 is 0 Å². The first-order chi connectivity index (χ1) is 12.7. The van der Waals surface area contributed by atoms with E-state index in [0.717, 1.165) is 20.2 Å². The van der Waals surface area contributed by atoms with Gasteiger partial charge in [0, 0.05) is 20.7 Å². The lowest BCUT2D eigenvalue weighted by Crippen LogP contribution is -1.83. The highest BCUT2D eigenvalue weighted by Crippen LogP contribution is 2.25. The Hall–Kier alpha value is -2.30. The van der Waals surface area contributed by atoms with Gasteiger partial charge in [0.15, 0.2) is 0 Å². The summed E-state index contributed by atoms with van der Waals surface area (Å²) in [5, 5.41) is 0. The third-order valence-corrected chi connectivity index (χ3v) is 4.54. The summed E-state index contributed by atoms with van der Waals surface area (Å²) < 4.78 is 2.06. The van der Waals surface area contributed by atoms with E-state index >= 15 is 0 Å². The molecule has 0 saturated carbocycles. The Labute approximate surface area is 170 Å². The van der Waals surface area contributed by atoms with Crippen LogP contribution in [0.2, 0.25) is 0 Å². The number of aromatic nitrogens is 2. The van der Waals surface area contributed by atoms with Gasteiger partial charge in [-0.15, -0.1) is 0 Å². The molecule has 0 amide bonds. The third-order valence-electron chi connectivity index (χ3n) is 3.62. The first-order valence-electron chi connectivity index (χ1n) is 8.05.